The summed E-state index contributed by atoms with van der Waals surface area (Å²) in [6.07, 6.45) is 0. The van der Waals surface area contributed by atoms with Crippen molar-refractivity contribution >= 4 is 97.7 Å². The minimum atomic E-state index is -0.460. The van der Waals surface area contributed by atoms with Crippen molar-refractivity contribution in [1.82, 2.24) is 0 Å². The van der Waals surface area contributed by atoms with Crippen molar-refractivity contribution in [2.45, 2.75) is 0 Å². The Morgan fingerprint density at radius 2 is 0.769 bits per heavy atom. The zero-order valence-corrected chi connectivity index (χ0v) is 27.4. The normalized spacial score (nSPS) is 14.4. The lowest BCUT2D eigenvalue weighted by molar-refractivity contribution is 0.669. The molecule has 240 valence electrons. The van der Waals surface area contributed by atoms with Gasteiger partial charge < -0.3 is 8.83 Å². The van der Waals surface area contributed by atoms with Crippen molar-refractivity contribution in [1.29, 1.82) is 0 Å². The van der Waals surface area contributed by atoms with Crippen molar-refractivity contribution in [2.75, 3.05) is 0 Å². The highest BCUT2D eigenvalue weighted by atomic mass is 16.3. The molecular weight excluding hydrogens is 633 g/mol. The predicted molar refractivity (Wildman–Crippen MR) is 219 cm³/mol. The zero-order chi connectivity index (χ0) is 40.9. The van der Waals surface area contributed by atoms with E-state index in [2.05, 4.69) is 12.1 Å². The van der Waals surface area contributed by atoms with Crippen LogP contribution in [0.15, 0.2) is 179 Å². The summed E-state index contributed by atoms with van der Waals surface area (Å²) in [6.45, 7) is 0. The summed E-state index contributed by atoms with van der Waals surface area (Å²) in [5, 5.41) is 9.31. The molecule has 2 aromatic heterocycles. The fourth-order valence-electron chi connectivity index (χ4n) is 8.57. The molecule has 0 N–H and O–H groups in total. The first-order valence-corrected chi connectivity index (χ1v) is 17.2. The molecule has 2 nitrogen and oxygen atoms in total. The second kappa shape index (κ2) is 10.3. The average molecular weight is 669 g/mol. The third-order valence-electron chi connectivity index (χ3n) is 10.7. The number of hydrogen-bond acceptors (Lipinski definition) is 2. The van der Waals surface area contributed by atoms with Gasteiger partial charge in [-0.25, -0.2) is 0 Å². The molecule has 0 atom stereocenters. The monoisotopic (exact) mass is 668 g/mol. The van der Waals surface area contributed by atoms with Crippen LogP contribution in [0.3, 0.4) is 0 Å². The smallest absolute Gasteiger partial charge is 0.136 e. The van der Waals surface area contributed by atoms with Crippen LogP contribution >= 0.6 is 0 Å². The number of furan rings is 2. The first-order valence-electron chi connectivity index (χ1n) is 21.2. The summed E-state index contributed by atoms with van der Waals surface area (Å²) < 4.78 is 87.9. The van der Waals surface area contributed by atoms with E-state index < -0.39 is 24.2 Å². The van der Waals surface area contributed by atoms with Gasteiger partial charge in [-0.2, -0.15) is 0 Å². The maximum atomic E-state index is 9.66. The second-order valence-corrected chi connectivity index (χ2v) is 13.3. The molecule has 2 heterocycles. The Labute approximate surface area is 309 Å². The van der Waals surface area contributed by atoms with Crippen molar-refractivity contribution in [3.8, 4) is 22.3 Å². The fourth-order valence-corrected chi connectivity index (χ4v) is 8.57. The molecule has 12 aromatic rings. The predicted octanol–water partition coefficient (Wildman–Crippen LogP) is 14.6. The number of rotatable bonds is 2. The van der Waals surface area contributed by atoms with E-state index in [-0.39, 0.29) is 56.8 Å². The van der Waals surface area contributed by atoms with Gasteiger partial charge in [0.1, 0.15) is 22.3 Å². The summed E-state index contributed by atoms with van der Waals surface area (Å²) in [4.78, 5) is 0. The molecule has 0 saturated heterocycles. The van der Waals surface area contributed by atoms with Crippen molar-refractivity contribution in [3.05, 3.63) is 170 Å². The highest BCUT2D eigenvalue weighted by Crippen LogP contribution is 2.50. The fraction of sp³-hybridized carbons (Fsp3) is 0. The number of para-hydroxylation sites is 1. The molecule has 0 radical (unpaired) electrons. The lowest BCUT2D eigenvalue weighted by Gasteiger charge is -2.20. The molecule has 0 aliphatic rings. The summed E-state index contributed by atoms with van der Waals surface area (Å²) >= 11 is 0. The summed E-state index contributed by atoms with van der Waals surface area (Å²) in [5.41, 5.74) is 3.96. The van der Waals surface area contributed by atoms with Crippen LogP contribution in [0, 0.1) is 0 Å². The van der Waals surface area contributed by atoms with Crippen LogP contribution < -0.4 is 0 Å². The first-order chi connectivity index (χ1) is 29.1. The van der Waals surface area contributed by atoms with Gasteiger partial charge in [0.25, 0.3) is 0 Å². The van der Waals surface area contributed by atoms with Crippen LogP contribution in [-0.4, -0.2) is 0 Å². The summed E-state index contributed by atoms with van der Waals surface area (Å²) in [6, 6.07) is 35.8. The SMILES string of the molecule is [2H]c1c([2H])c([2H])c2c(-c3cc4oc5ccc6ccccc6c5c4c4ccccc34)c3c([2H])c([2H])c([2H])c([2H])c3c(-c3cc4oc5ccccc5c4c4ccccc34)c2c1[2H]. The van der Waals surface area contributed by atoms with E-state index in [0.717, 1.165) is 53.9 Å². The molecule has 12 rings (SSSR count). The van der Waals surface area contributed by atoms with Gasteiger partial charge in [0, 0.05) is 21.5 Å². The van der Waals surface area contributed by atoms with Gasteiger partial charge in [0.2, 0.25) is 0 Å². The highest BCUT2D eigenvalue weighted by Gasteiger charge is 2.23. The van der Waals surface area contributed by atoms with Gasteiger partial charge in [0.15, 0.2) is 0 Å². The molecule has 0 fully saturated rings. The van der Waals surface area contributed by atoms with Gasteiger partial charge >= 0.3 is 0 Å². The van der Waals surface area contributed by atoms with E-state index in [9.17, 15) is 5.48 Å². The summed E-state index contributed by atoms with van der Waals surface area (Å²) in [7, 11) is 0. The van der Waals surface area contributed by atoms with E-state index >= 15 is 0 Å². The molecule has 0 aliphatic carbocycles. The van der Waals surface area contributed by atoms with Crippen LogP contribution in [0.4, 0.5) is 0 Å². The van der Waals surface area contributed by atoms with Crippen molar-refractivity contribution in [2.24, 2.45) is 0 Å². The van der Waals surface area contributed by atoms with E-state index in [0.29, 0.717) is 33.5 Å². The molecular formula is C50H28O2. The first kappa shape index (κ1) is 21.3. The third kappa shape index (κ3) is 3.68. The lowest BCUT2D eigenvalue weighted by Crippen LogP contribution is -1.93. The number of hydrogen-bond donors (Lipinski definition) is 0. The Hall–Kier alpha value is -6.90. The highest BCUT2D eigenvalue weighted by molar-refractivity contribution is 6.32. The largest absolute Gasteiger partial charge is 0.456 e. The quantitative estimate of drug-likeness (QED) is 0.171. The van der Waals surface area contributed by atoms with Crippen LogP contribution in [0.1, 0.15) is 11.0 Å². The van der Waals surface area contributed by atoms with E-state index in [4.69, 9.17) is 14.3 Å². The number of benzene rings is 10. The van der Waals surface area contributed by atoms with E-state index in [1.807, 2.05) is 109 Å². The molecule has 0 bridgehead atoms. The van der Waals surface area contributed by atoms with Gasteiger partial charge in [0.05, 0.1) is 11.0 Å². The van der Waals surface area contributed by atoms with Crippen LogP contribution in [0.5, 0.6) is 0 Å². The Bertz CT molecular complexity index is 3860. The second-order valence-electron chi connectivity index (χ2n) is 13.3. The van der Waals surface area contributed by atoms with Crippen LogP contribution in [-0.2, 0) is 0 Å². The Balaban J connectivity index is 1.35. The average Bonchev–Trinajstić information content (AvgIpc) is 3.86. The molecule has 0 saturated carbocycles. The standard InChI is InChI=1S/C50H28O2/c1-2-14-30-29(13-1)25-26-43-49(30)50-34-18-6-4-16-32(34)41(28-45(50)52-43)47-37-21-9-7-19-35(37)46(36-20-8-10-22-38(36)47)40-27-44-48(33-17-5-3-15-31(33)40)39-23-11-12-24-42(39)51-44/h1-28H/i7D,8D,9D,10D,19D,20D,21D,22D. The van der Waals surface area contributed by atoms with Gasteiger partial charge in [-0.3, -0.25) is 0 Å². The Morgan fingerprint density at radius 1 is 0.327 bits per heavy atom. The van der Waals surface area contributed by atoms with Crippen LogP contribution in [0.25, 0.3) is 120 Å². The maximum Gasteiger partial charge on any atom is 0.136 e. The lowest BCUT2D eigenvalue weighted by atomic mass is 9.83. The Morgan fingerprint density at radius 3 is 1.38 bits per heavy atom. The molecule has 52 heavy (non-hydrogen) atoms. The maximum absolute atomic E-state index is 9.66. The third-order valence-corrected chi connectivity index (χ3v) is 10.7. The topological polar surface area (TPSA) is 26.3 Å². The minimum absolute atomic E-state index is 0.133. The molecule has 10 aromatic carbocycles. The van der Waals surface area contributed by atoms with E-state index in [1.54, 1.807) is 0 Å². The molecule has 2 heteroatoms. The molecule has 0 spiro atoms. The van der Waals surface area contributed by atoms with Crippen molar-refractivity contribution < 1.29 is 19.8 Å². The zero-order valence-electron chi connectivity index (χ0n) is 35.4. The van der Waals surface area contributed by atoms with Gasteiger partial charge in [-0.1, -0.05) is 145 Å². The van der Waals surface area contributed by atoms with Gasteiger partial charge in [-0.05, 0) is 100 Å². The van der Waals surface area contributed by atoms with Crippen LogP contribution in [0.2, 0.25) is 0 Å². The summed E-state index contributed by atoms with van der Waals surface area (Å²) in [5.74, 6) is 0. The van der Waals surface area contributed by atoms with Gasteiger partial charge in [-0.15, -0.1) is 0 Å². The van der Waals surface area contributed by atoms with Crippen molar-refractivity contribution in [3.63, 3.8) is 0 Å². The molecule has 0 amide bonds. The Kier molecular flexibility index (Phi) is 4.24. The molecule has 0 unspecified atom stereocenters. The minimum Gasteiger partial charge on any atom is -0.456 e. The number of fused-ring (bicyclic) bond motifs is 14. The van der Waals surface area contributed by atoms with E-state index in [1.165, 1.54) is 0 Å². The molecule has 0 aliphatic heterocycles.